The average Bonchev–Trinajstić information content (AvgIpc) is 2.69. The van der Waals surface area contributed by atoms with Crippen molar-refractivity contribution in [1.82, 2.24) is 5.32 Å². The molecule has 1 aromatic rings. The molecule has 0 aliphatic carbocycles. The van der Waals surface area contributed by atoms with Gasteiger partial charge >= 0.3 is 5.97 Å². The van der Waals surface area contributed by atoms with Gasteiger partial charge in [0.25, 0.3) is 5.91 Å². The van der Waals surface area contributed by atoms with Gasteiger partial charge in [-0.15, -0.1) is 0 Å². The van der Waals surface area contributed by atoms with E-state index >= 15 is 0 Å². The predicted octanol–water partition coefficient (Wildman–Crippen LogP) is 2.64. The van der Waals surface area contributed by atoms with E-state index in [9.17, 15) is 9.59 Å². The predicted molar refractivity (Wildman–Crippen MR) is 81.1 cm³/mol. The standard InChI is InChI=1S/C15H17ClN2O3/c1-7(2)15(4)14(21)17-12(18-15)9-5-6-10(13(19)20)11(16)8(9)3/h5-7H,1-4H3,(H,19,20)(H,17,18,21). The number of aromatic carboxylic acids is 1. The zero-order chi connectivity index (χ0) is 15.9. The molecule has 2 rings (SSSR count). The molecule has 0 spiro atoms. The number of hydrogen-bond donors (Lipinski definition) is 2. The first-order chi connectivity index (χ1) is 9.68. The highest BCUT2D eigenvalue weighted by Gasteiger charge is 2.42. The Morgan fingerprint density at radius 3 is 2.52 bits per heavy atom. The first-order valence-electron chi connectivity index (χ1n) is 6.62. The fraction of sp³-hybridized carbons (Fsp3) is 0.400. The van der Waals surface area contributed by atoms with Crippen LogP contribution in [0, 0.1) is 12.8 Å². The van der Waals surface area contributed by atoms with Gasteiger partial charge in [0.15, 0.2) is 0 Å². The zero-order valence-electron chi connectivity index (χ0n) is 12.3. The summed E-state index contributed by atoms with van der Waals surface area (Å²) < 4.78 is 0. The van der Waals surface area contributed by atoms with Crippen molar-refractivity contribution >= 4 is 29.3 Å². The van der Waals surface area contributed by atoms with Crippen LogP contribution in [0.4, 0.5) is 0 Å². The maximum absolute atomic E-state index is 12.1. The van der Waals surface area contributed by atoms with Crippen LogP contribution >= 0.6 is 11.6 Å². The molecule has 0 fully saturated rings. The van der Waals surface area contributed by atoms with Crippen LogP contribution in [0.3, 0.4) is 0 Å². The lowest BCUT2D eigenvalue weighted by Crippen LogP contribution is -2.41. The third-order valence-electron chi connectivity index (χ3n) is 4.03. The summed E-state index contributed by atoms with van der Waals surface area (Å²) in [5.41, 5.74) is 0.445. The Kier molecular flexibility index (Phi) is 3.80. The normalized spacial score (nSPS) is 21.4. The van der Waals surface area contributed by atoms with Gasteiger partial charge in [0.1, 0.15) is 11.4 Å². The zero-order valence-corrected chi connectivity index (χ0v) is 13.1. The quantitative estimate of drug-likeness (QED) is 0.901. The minimum Gasteiger partial charge on any atom is -0.478 e. The molecule has 0 saturated carbocycles. The number of benzene rings is 1. The Balaban J connectivity index is 2.52. The van der Waals surface area contributed by atoms with E-state index < -0.39 is 11.5 Å². The van der Waals surface area contributed by atoms with Crippen molar-refractivity contribution in [2.24, 2.45) is 10.9 Å². The molecule has 0 aromatic heterocycles. The number of aliphatic imine (C=N–C) groups is 1. The Labute approximate surface area is 128 Å². The van der Waals surface area contributed by atoms with Gasteiger partial charge in [-0.25, -0.2) is 4.79 Å². The summed E-state index contributed by atoms with van der Waals surface area (Å²) in [6.45, 7) is 7.35. The summed E-state index contributed by atoms with van der Waals surface area (Å²) in [5, 5.41) is 12.0. The van der Waals surface area contributed by atoms with Crippen molar-refractivity contribution in [3.63, 3.8) is 0 Å². The molecule has 1 atom stereocenters. The minimum atomic E-state index is -1.08. The number of rotatable bonds is 3. The molecule has 5 nitrogen and oxygen atoms in total. The van der Waals surface area contributed by atoms with Gasteiger partial charge in [-0.1, -0.05) is 31.5 Å². The molecule has 2 N–H and O–H groups in total. The monoisotopic (exact) mass is 308 g/mol. The van der Waals surface area contributed by atoms with E-state index in [2.05, 4.69) is 10.3 Å². The third-order valence-corrected chi connectivity index (χ3v) is 4.52. The van der Waals surface area contributed by atoms with E-state index in [1.807, 2.05) is 13.8 Å². The van der Waals surface area contributed by atoms with Crippen LogP contribution in [0.1, 0.15) is 42.3 Å². The van der Waals surface area contributed by atoms with Gasteiger partial charge in [0, 0.05) is 5.56 Å². The highest BCUT2D eigenvalue weighted by molar-refractivity contribution is 6.35. The van der Waals surface area contributed by atoms with Crippen LogP contribution < -0.4 is 5.32 Å². The number of hydrogen-bond acceptors (Lipinski definition) is 3. The maximum Gasteiger partial charge on any atom is 0.337 e. The molecule has 21 heavy (non-hydrogen) atoms. The SMILES string of the molecule is Cc1c(C2=NC(C)(C(C)C)C(=O)N2)ccc(C(=O)O)c1Cl. The van der Waals surface area contributed by atoms with Crippen LogP contribution in [0.2, 0.25) is 5.02 Å². The van der Waals surface area contributed by atoms with Gasteiger partial charge in [0.05, 0.1) is 10.6 Å². The number of halogens is 1. The van der Waals surface area contributed by atoms with Gasteiger partial charge < -0.3 is 10.4 Å². The Morgan fingerprint density at radius 2 is 2.05 bits per heavy atom. The highest BCUT2D eigenvalue weighted by Crippen LogP contribution is 2.30. The summed E-state index contributed by atoms with van der Waals surface area (Å²) >= 11 is 6.09. The number of amidine groups is 1. The van der Waals surface area contributed by atoms with E-state index in [1.165, 1.54) is 6.07 Å². The topological polar surface area (TPSA) is 78.8 Å². The van der Waals surface area contributed by atoms with Gasteiger partial charge in [0.2, 0.25) is 0 Å². The summed E-state index contributed by atoms with van der Waals surface area (Å²) in [6, 6.07) is 3.04. The van der Waals surface area contributed by atoms with E-state index in [0.717, 1.165) is 0 Å². The molecule has 1 amide bonds. The van der Waals surface area contributed by atoms with Crippen molar-refractivity contribution in [2.45, 2.75) is 33.2 Å². The second-order valence-corrected chi connectivity index (χ2v) is 6.00. The highest BCUT2D eigenvalue weighted by atomic mass is 35.5. The number of carbonyl (C=O) groups is 2. The lowest BCUT2D eigenvalue weighted by molar-refractivity contribution is -0.124. The molecule has 1 heterocycles. The van der Waals surface area contributed by atoms with Gasteiger partial charge in [-0.3, -0.25) is 9.79 Å². The van der Waals surface area contributed by atoms with Crippen LogP contribution in [0.15, 0.2) is 17.1 Å². The first kappa shape index (κ1) is 15.5. The molecule has 112 valence electrons. The van der Waals surface area contributed by atoms with Gasteiger partial charge in [-0.05, 0) is 31.4 Å². The average molecular weight is 309 g/mol. The van der Waals surface area contributed by atoms with Crippen LogP contribution in [-0.4, -0.2) is 28.4 Å². The summed E-state index contributed by atoms with van der Waals surface area (Å²) in [4.78, 5) is 27.7. The van der Waals surface area contributed by atoms with Crippen molar-refractivity contribution in [1.29, 1.82) is 0 Å². The van der Waals surface area contributed by atoms with E-state index in [4.69, 9.17) is 16.7 Å². The fourth-order valence-electron chi connectivity index (χ4n) is 2.17. The van der Waals surface area contributed by atoms with E-state index in [-0.39, 0.29) is 22.4 Å². The van der Waals surface area contributed by atoms with Crippen molar-refractivity contribution in [3.05, 3.63) is 33.8 Å². The van der Waals surface area contributed by atoms with Crippen molar-refractivity contribution < 1.29 is 14.7 Å². The number of carbonyl (C=O) groups excluding carboxylic acids is 1. The summed E-state index contributed by atoms with van der Waals surface area (Å²) in [5.74, 6) is -0.763. The Bertz CT molecular complexity index is 667. The van der Waals surface area contributed by atoms with Crippen molar-refractivity contribution in [3.8, 4) is 0 Å². The third kappa shape index (κ3) is 2.42. The van der Waals surface area contributed by atoms with E-state index in [0.29, 0.717) is 17.0 Å². The smallest absolute Gasteiger partial charge is 0.337 e. The second kappa shape index (κ2) is 5.15. The number of carboxylic acids is 1. The van der Waals surface area contributed by atoms with E-state index in [1.54, 1.807) is 19.9 Å². The molecular weight excluding hydrogens is 292 g/mol. The number of nitrogens with zero attached hydrogens (tertiary/aromatic N) is 1. The molecule has 6 heteroatoms. The molecule has 1 aliphatic heterocycles. The largest absolute Gasteiger partial charge is 0.478 e. The Morgan fingerprint density at radius 1 is 1.43 bits per heavy atom. The lowest BCUT2D eigenvalue weighted by Gasteiger charge is -2.21. The van der Waals surface area contributed by atoms with Crippen LogP contribution in [0.25, 0.3) is 0 Å². The molecule has 1 aliphatic rings. The first-order valence-corrected chi connectivity index (χ1v) is 7.00. The minimum absolute atomic E-state index is 0.0365. The lowest BCUT2D eigenvalue weighted by atomic mass is 9.89. The molecule has 0 radical (unpaired) electrons. The van der Waals surface area contributed by atoms with Crippen molar-refractivity contribution in [2.75, 3.05) is 0 Å². The van der Waals surface area contributed by atoms with Crippen LogP contribution in [0.5, 0.6) is 0 Å². The summed E-state index contributed by atoms with van der Waals surface area (Å²) in [7, 11) is 0. The number of amides is 1. The maximum atomic E-state index is 12.1. The number of nitrogens with one attached hydrogen (secondary N) is 1. The molecular formula is C15H17ClN2O3. The Hall–Kier alpha value is -1.88. The summed E-state index contributed by atoms with van der Waals surface area (Å²) in [6.07, 6.45) is 0. The van der Waals surface area contributed by atoms with Gasteiger partial charge in [-0.2, -0.15) is 0 Å². The molecule has 0 bridgehead atoms. The molecule has 1 aromatic carbocycles. The molecule has 0 saturated heterocycles. The number of carboxylic acid groups (broad SMARTS) is 1. The van der Waals surface area contributed by atoms with Crippen LogP contribution in [-0.2, 0) is 4.79 Å². The molecule has 1 unspecified atom stereocenters. The fourth-order valence-corrected chi connectivity index (χ4v) is 2.42. The second-order valence-electron chi connectivity index (χ2n) is 5.62.